The Bertz CT molecular complexity index is 534. The SMILES string of the molecule is CCCNCc1ccc(-n2ccnc2CC)c(F)c1. The van der Waals surface area contributed by atoms with Crippen molar-refractivity contribution >= 4 is 0 Å². The lowest BCUT2D eigenvalue weighted by atomic mass is 10.2. The fraction of sp³-hybridized carbons (Fsp3) is 0.400. The maximum Gasteiger partial charge on any atom is 0.147 e. The summed E-state index contributed by atoms with van der Waals surface area (Å²) in [6, 6.07) is 5.37. The van der Waals surface area contributed by atoms with Crippen LogP contribution in [0.2, 0.25) is 0 Å². The fourth-order valence-corrected chi connectivity index (χ4v) is 2.08. The molecule has 2 aromatic rings. The third kappa shape index (κ3) is 3.20. The van der Waals surface area contributed by atoms with E-state index >= 15 is 0 Å². The fourth-order valence-electron chi connectivity index (χ4n) is 2.08. The van der Waals surface area contributed by atoms with Crippen LogP contribution >= 0.6 is 0 Å². The number of rotatable bonds is 6. The van der Waals surface area contributed by atoms with E-state index in [2.05, 4.69) is 17.2 Å². The van der Waals surface area contributed by atoms with Crippen LogP contribution in [0.5, 0.6) is 0 Å². The molecule has 0 aliphatic carbocycles. The van der Waals surface area contributed by atoms with Gasteiger partial charge in [0.15, 0.2) is 0 Å². The van der Waals surface area contributed by atoms with E-state index in [4.69, 9.17) is 0 Å². The van der Waals surface area contributed by atoms with Gasteiger partial charge >= 0.3 is 0 Å². The smallest absolute Gasteiger partial charge is 0.147 e. The Hall–Kier alpha value is -1.68. The molecule has 1 heterocycles. The summed E-state index contributed by atoms with van der Waals surface area (Å²) in [7, 11) is 0. The van der Waals surface area contributed by atoms with Gasteiger partial charge in [-0.1, -0.05) is 19.9 Å². The second kappa shape index (κ2) is 6.48. The Morgan fingerprint density at radius 3 is 2.84 bits per heavy atom. The zero-order valence-electron chi connectivity index (χ0n) is 11.5. The highest BCUT2D eigenvalue weighted by Gasteiger charge is 2.08. The molecular weight excluding hydrogens is 241 g/mol. The number of hydrogen-bond acceptors (Lipinski definition) is 2. The Balaban J connectivity index is 2.19. The highest BCUT2D eigenvalue weighted by Crippen LogP contribution is 2.17. The molecule has 0 aliphatic rings. The summed E-state index contributed by atoms with van der Waals surface area (Å²) in [6.07, 6.45) is 5.36. The molecule has 1 aromatic carbocycles. The first-order chi connectivity index (χ1) is 9.26. The van der Waals surface area contributed by atoms with Gasteiger partial charge in [0.2, 0.25) is 0 Å². The van der Waals surface area contributed by atoms with Crippen molar-refractivity contribution < 1.29 is 4.39 Å². The average Bonchev–Trinajstić information content (AvgIpc) is 2.87. The number of aryl methyl sites for hydroxylation is 1. The first-order valence-corrected chi connectivity index (χ1v) is 6.78. The highest BCUT2D eigenvalue weighted by atomic mass is 19.1. The van der Waals surface area contributed by atoms with Gasteiger partial charge in [0.05, 0.1) is 5.69 Å². The monoisotopic (exact) mass is 261 g/mol. The Kier molecular flexibility index (Phi) is 4.68. The molecule has 102 valence electrons. The Morgan fingerprint density at radius 2 is 2.16 bits per heavy atom. The lowest BCUT2D eigenvalue weighted by molar-refractivity contribution is 0.608. The minimum absolute atomic E-state index is 0.205. The van der Waals surface area contributed by atoms with Crippen molar-refractivity contribution in [1.82, 2.24) is 14.9 Å². The predicted molar refractivity (Wildman–Crippen MR) is 74.9 cm³/mol. The molecule has 0 bridgehead atoms. The topological polar surface area (TPSA) is 29.9 Å². The third-order valence-electron chi connectivity index (χ3n) is 3.06. The number of benzene rings is 1. The molecule has 0 fully saturated rings. The van der Waals surface area contributed by atoms with Crippen LogP contribution in [0.3, 0.4) is 0 Å². The van der Waals surface area contributed by atoms with Crippen molar-refractivity contribution in [3.05, 3.63) is 47.8 Å². The lowest BCUT2D eigenvalue weighted by Gasteiger charge is -2.10. The van der Waals surface area contributed by atoms with Crippen LogP contribution < -0.4 is 5.32 Å². The van der Waals surface area contributed by atoms with Crippen LogP contribution in [0.25, 0.3) is 5.69 Å². The van der Waals surface area contributed by atoms with Crippen LogP contribution in [0.4, 0.5) is 4.39 Å². The Morgan fingerprint density at radius 1 is 1.32 bits per heavy atom. The molecule has 0 unspecified atom stereocenters. The molecule has 4 heteroatoms. The van der Waals surface area contributed by atoms with Gasteiger partial charge in [-0.3, -0.25) is 0 Å². The number of hydrogen-bond donors (Lipinski definition) is 1. The first kappa shape index (κ1) is 13.7. The third-order valence-corrected chi connectivity index (χ3v) is 3.06. The van der Waals surface area contributed by atoms with E-state index in [0.29, 0.717) is 12.2 Å². The van der Waals surface area contributed by atoms with Gasteiger partial charge in [-0.25, -0.2) is 9.37 Å². The quantitative estimate of drug-likeness (QED) is 0.810. The maximum atomic E-state index is 14.2. The number of aromatic nitrogens is 2. The minimum Gasteiger partial charge on any atom is -0.313 e. The van der Waals surface area contributed by atoms with E-state index in [1.165, 1.54) is 0 Å². The van der Waals surface area contributed by atoms with Crippen LogP contribution in [-0.2, 0) is 13.0 Å². The van der Waals surface area contributed by atoms with Crippen molar-refractivity contribution in [2.45, 2.75) is 33.2 Å². The molecule has 0 spiro atoms. The molecule has 19 heavy (non-hydrogen) atoms. The Labute approximate surface area is 113 Å². The zero-order valence-corrected chi connectivity index (χ0v) is 11.5. The van der Waals surface area contributed by atoms with E-state index < -0.39 is 0 Å². The summed E-state index contributed by atoms with van der Waals surface area (Å²) in [5, 5.41) is 3.27. The van der Waals surface area contributed by atoms with Crippen molar-refractivity contribution in [2.24, 2.45) is 0 Å². The number of nitrogens with zero attached hydrogens (tertiary/aromatic N) is 2. The van der Waals surface area contributed by atoms with E-state index in [-0.39, 0.29) is 5.82 Å². The number of halogens is 1. The molecular formula is C15H20FN3. The van der Waals surface area contributed by atoms with Gasteiger partial charge in [0.1, 0.15) is 11.6 Å². The molecule has 1 N–H and O–H groups in total. The second-order valence-electron chi connectivity index (χ2n) is 4.53. The average molecular weight is 261 g/mol. The molecule has 3 nitrogen and oxygen atoms in total. The first-order valence-electron chi connectivity index (χ1n) is 6.78. The van der Waals surface area contributed by atoms with Gasteiger partial charge < -0.3 is 9.88 Å². The maximum absolute atomic E-state index is 14.2. The van der Waals surface area contributed by atoms with E-state index in [1.54, 1.807) is 23.0 Å². The predicted octanol–water partition coefficient (Wildman–Crippen LogP) is 3.07. The van der Waals surface area contributed by atoms with Gasteiger partial charge in [-0.2, -0.15) is 0 Å². The standard InChI is InChI=1S/C15H20FN3/c1-3-7-17-11-12-5-6-14(13(16)10-12)19-9-8-18-15(19)4-2/h5-6,8-10,17H,3-4,7,11H2,1-2H3. The molecule has 0 saturated carbocycles. The second-order valence-corrected chi connectivity index (χ2v) is 4.53. The van der Waals surface area contributed by atoms with Crippen LogP contribution in [0, 0.1) is 5.82 Å². The van der Waals surface area contributed by atoms with Crippen molar-refractivity contribution in [3.63, 3.8) is 0 Å². The van der Waals surface area contributed by atoms with E-state index in [1.807, 2.05) is 19.1 Å². The molecule has 1 aromatic heterocycles. The summed E-state index contributed by atoms with van der Waals surface area (Å²) in [4.78, 5) is 4.22. The molecule has 0 saturated heterocycles. The summed E-state index contributed by atoms with van der Waals surface area (Å²) < 4.78 is 16.0. The summed E-state index contributed by atoms with van der Waals surface area (Å²) in [5.41, 5.74) is 1.53. The molecule has 2 rings (SSSR count). The molecule has 0 atom stereocenters. The van der Waals surface area contributed by atoms with Crippen LogP contribution in [0.1, 0.15) is 31.7 Å². The van der Waals surface area contributed by atoms with Crippen LogP contribution in [-0.4, -0.2) is 16.1 Å². The largest absolute Gasteiger partial charge is 0.313 e. The highest BCUT2D eigenvalue weighted by molar-refractivity contribution is 5.37. The van der Waals surface area contributed by atoms with Crippen molar-refractivity contribution in [3.8, 4) is 5.69 Å². The van der Waals surface area contributed by atoms with Crippen LogP contribution in [0.15, 0.2) is 30.6 Å². The van der Waals surface area contributed by atoms with Crippen molar-refractivity contribution in [2.75, 3.05) is 6.54 Å². The zero-order chi connectivity index (χ0) is 13.7. The lowest BCUT2D eigenvalue weighted by Crippen LogP contribution is -2.14. The summed E-state index contributed by atoms with van der Waals surface area (Å²) >= 11 is 0. The normalized spacial score (nSPS) is 10.9. The summed E-state index contributed by atoms with van der Waals surface area (Å²) in [6.45, 7) is 5.78. The van der Waals surface area contributed by atoms with Gasteiger partial charge in [-0.15, -0.1) is 0 Å². The molecule has 0 radical (unpaired) electrons. The minimum atomic E-state index is -0.205. The number of nitrogens with one attached hydrogen (secondary N) is 1. The molecule has 0 aliphatic heterocycles. The van der Waals surface area contributed by atoms with Gasteiger partial charge in [-0.05, 0) is 30.7 Å². The molecule has 0 amide bonds. The van der Waals surface area contributed by atoms with E-state index in [0.717, 1.165) is 30.8 Å². The summed E-state index contributed by atoms with van der Waals surface area (Å²) in [5.74, 6) is 0.666. The van der Waals surface area contributed by atoms with Crippen molar-refractivity contribution in [1.29, 1.82) is 0 Å². The van der Waals surface area contributed by atoms with Gasteiger partial charge in [0, 0.05) is 25.4 Å². The number of imidazole rings is 1. The van der Waals surface area contributed by atoms with E-state index in [9.17, 15) is 4.39 Å². The van der Waals surface area contributed by atoms with Gasteiger partial charge in [0.25, 0.3) is 0 Å².